The van der Waals surface area contributed by atoms with Gasteiger partial charge in [0.15, 0.2) is 0 Å². The van der Waals surface area contributed by atoms with Gasteiger partial charge in [-0.2, -0.15) is 5.26 Å². The Bertz CT molecular complexity index is 733. The molecule has 0 aliphatic rings. The predicted octanol–water partition coefficient (Wildman–Crippen LogP) is 0.0975. The van der Waals surface area contributed by atoms with Crippen molar-refractivity contribution in [1.82, 2.24) is 0 Å². The zero-order valence-corrected chi connectivity index (χ0v) is 14.1. The number of thiophene rings is 1. The number of carboxylic acids is 2. The fraction of sp³-hybridized carbons (Fsp3) is 0.357. The average molecular weight is 370 g/mol. The lowest BCUT2D eigenvalue weighted by Gasteiger charge is -2.19. The van der Waals surface area contributed by atoms with Gasteiger partial charge in [-0.1, -0.05) is 0 Å². The maximum atomic E-state index is 11.9. The standard InChI is InChI=1S/C14H14N2O8S/c1-23-11(21)3-7-8(4-15)13(25-12(7)14(22)24-2)16(5-9(17)18)6-10(19)20/h3,5-6H2,1-2H3,(H,17,18)(H,19,20). The van der Waals surface area contributed by atoms with Crippen LogP contribution in [0.15, 0.2) is 0 Å². The van der Waals surface area contributed by atoms with Gasteiger partial charge in [-0.05, 0) is 0 Å². The first kappa shape index (κ1) is 19.9. The minimum Gasteiger partial charge on any atom is -0.480 e. The monoisotopic (exact) mass is 370 g/mol. The molecule has 0 saturated carbocycles. The SMILES string of the molecule is COC(=O)Cc1c(C(=O)OC)sc(N(CC(=O)O)CC(=O)O)c1C#N. The largest absolute Gasteiger partial charge is 0.480 e. The number of ether oxygens (including phenoxy) is 2. The third-order valence-corrected chi connectivity index (χ3v) is 4.23. The summed E-state index contributed by atoms with van der Waals surface area (Å²) >= 11 is 0.682. The maximum absolute atomic E-state index is 11.9. The first-order chi connectivity index (χ1) is 11.7. The van der Waals surface area contributed by atoms with Crippen LogP contribution < -0.4 is 4.90 Å². The van der Waals surface area contributed by atoms with Crippen LogP contribution in [0.3, 0.4) is 0 Å². The van der Waals surface area contributed by atoms with E-state index >= 15 is 0 Å². The number of anilines is 1. The number of rotatable bonds is 8. The smallest absolute Gasteiger partial charge is 0.348 e. The molecule has 2 N–H and O–H groups in total. The summed E-state index contributed by atoms with van der Waals surface area (Å²) in [5, 5.41) is 27.3. The number of carbonyl (C=O) groups is 4. The molecule has 134 valence electrons. The molecular formula is C14H14N2O8S. The lowest BCUT2D eigenvalue weighted by Crippen LogP contribution is -2.34. The minimum atomic E-state index is -1.33. The van der Waals surface area contributed by atoms with E-state index in [4.69, 9.17) is 10.2 Å². The molecule has 1 rings (SSSR count). The molecule has 10 nitrogen and oxygen atoms in total. The van der Waals surface area contributed by atoms with Gasteiger partial charge in [-0.25, -0.2) is 4.79 Å². The third-order valence-electron chi connectivity index (χ3n) is 2.96. The lowest BCUT2D eigenvalue weighted by molar-refractivity contribution is -0.140. The molecular weight excluding hydrogens is 356 g/mol. The van der Waals surface area contributed by atoms with Crippen molar-refractivity contribution in [3.8, 4) is 6.07 Å². The summed E-state index contributed by atoms with van der Waals surface area (Å²) in [4.78, 5) is 46.3. The summed E-state index contributed by atoms with van der Waals surface area (Å²) in [5.74, 6) is -4.22. The highest BCUT2D eigenvalue weighted by molar-refractivity contribution is 7.18. The number of nitrogens with zero attached hydrogens (tertiary/aromatic N) is 2. The van der Waals surface area contributed by atoms with Crippen LogP contribution >= 0.6 is 11.3 Å². The topological polar surface area (TPSA) is 154 Å². The van der Waals surface area contributed by atoms with Crippen LogP contribution in [0.4, 0.5) is 5.00 Å². The fourth-order valence-electron chi connectivity index (χ4n) is 1.96. The molecule has 0 atom stereocenters. The van der Waals surface area contributed by atoms with Crippen molar-refractivity contribution in [2.75, 3.05) is 32.2 Å². The third kappa shape index (κ3) is 4.92. The molecule has 1 heterocycles. The van der Waals surface area contributed by atoms with E-state index in [1.807, 2.05) is 0 Å². The first-order valence-corrected chi connectivity index (χ1v) is 7.46. The Hall–Kier alpha value is -3.13. The van der Waals surface area contributed by atoms with Gasteiger partial charge in [0.25, 0.3) is 0 Å². The molecule has 0 spiro atoms. The first-order valence-electron chi connectivity index (χ1n) is 6.64. The number of carboxylic acid groups (broad SMARTS) is 2. The molecule has 0 amide bonds. The highest BCUT2D eigenvalue weighted by Gasteiger charge is 2.29. The minimum absolute atomic E-state index is 0.00183. The fourth-order valence-corrected chi connectivity index (χ4v) is 3.15. The van der Waals surface area contributed by atoms with Crippen LogP contribution in [0.25, 0.3) is 0 Å². The molecule has 0 radical (unpaired) electrons. The van der Waals surface area contributed by atoms with Crippen molar-refractivity contribution in [2.45, 2.75) is 6.42 Å². The maximum Gasteiger partial charge on any atom is 0.348 e. The Labute approximate surface area is 145 Å². The normalized spacial score (nSPS) is 9.80. The summed E-state index contributed by atoms with van der Waals surface area (Å²) in [6, 6.07) is 1.79. The number of esters is 2. The summed E-state index contributed by atoms with van der Waals surface area (Å²) in [7, 11) is 2.22. The van der Waals surface area contributed by atoms with Crippen molar-refractivity contribution in [2.24, 2.45) is 0 Å². The number of hydrogen-bond acceptors (Lipinski definition) is 9. The van der Waals surface area contributed by atoms with E-state index in [1.54, 1.807) is 6.07 Å². The van der Waals surface area contributed by atoms with E-state index in [2.05, 4.69) is 9.47 Å². The van der Waals surface area contributed by atoms with Crippen molar-refractivity contribution in [3.05, 3.63) is 16.0 Å². The summed E-state index contributed by atoms with van der Waals surface area (Å²) in [5.41, 5.74) is -0.166. The Morgan fingerprint density at radius 3 is 2.08 bits per heavy atom. The van der Waals surface area contributed by atoms with Gasteiger partial charge in [0.05, 0.1) is 26.2 Å². The summed E-state index contributed by atoms with van der Waals surface area (Å²) in [6.07, 6.45) is -0.422. The van der Waals surface area contributed by atoms with E-state index in [0.29, 0.717) is 11.3 Å². The molecule has 0 aliphatic heterocycles. The molecule has 1 aromatic rings. The van der Waals surface area contributed by atoms with Crippen LogP contribution in [-0.4, -0.2) is 61.4 Å². The lowest BCUT2D eigenvalue weighted by atomic mass is 10.1. The number of hydrogen-bond donors (Lipinski definition) is 2. The molecule has 0 fully saturated rings. The summed E-state index contributed by atoms with van der Waals surface area (Å²) < 4.78 is 9.13. The Morgan fingerprint density at radius 2 is 1.68 bits per heavy atom. The summed E-state index contributed by atoms with van der Waals surface area (Å²) in [6.45, 7) is -1.42. The van der Waals surface area contributed by atoms with Crippen LogP contribution in [0.5, 0.6) is 0 Å². The number of aliphatic carboxylic acids is 2. The van der Waals surface area contributed by atoms with E-state index in [9.17, 15) is 24.4 Å². The molecule has 0 saturated heterocycles. The second-order valence-corrected chi connectivity index (χ2v) is 5.59. The molecule has 1 aromatic heterocycles. The highest BCUT2D eigenvalue weighted by atomic mass is 32.1. The van der Waals surface area contributed by atoms with Crippen LogP contribution in [0, 0.1) is 11.3 Å². The van der Waals surface area contributed by atoms with Gasteiger partial charge in [0.1, 0.15) is 29.0 Å². The van der Waals surface area contributed by atoms with Gasteiger partial charge < -0.3 is 24.6 Å². The molecule has 25 heavy (non-hydrogen) atoms. The van der Waals surface area contributed by atoms with Gasteiger partial charge in [-0.15, -0.1) is 11.3 Å². The van der Waals surface area contributed by atoms with E-state index < -0.39 is 43.4 Å². The van der Waals surface area contributed by atoms with Crippen molar-refractivity contribution in [3.63, 3.8) is 0 Å². The van der Waals surface area contributed by atoms with Gasteiger partial charge >= 0.3 is 23.9 Å². The van der Waals surface area contributed by atoms with E-state index in [1.165, 1.54) is 0 Å². The molecule has 0 aromatic carbocycles. The predicted molar refractivity (Wildman–Crippen MR) is 83.6 cm³/mol. The number of methoxy groups -OCH3 is 2. The molecule has 0 aliphatic carbocycles. The Balaban J connectivity index is 3.54. The van der Waals surface area contributed by atoms with Crippen molar-refractivity contribution >= 4 is 40.2 Å². The number of nitriles is 1. The second kappa shape index (κ2) is 8.65. The molecule has 11 heteroatoms. The van der Waals surface area contributed by atoms with E-state index in [0.717, 1.165) is 19.1 Å². The van der Waals surface area contributed by atoms with Gasteiger partial charge in [0, 0.05) is 5.56 Å². The van der Waals surface area contributed by atoms with Crippen molar-refractivity contribution < 1.29 is 38.9 Å². The zero-order valence-electron chi connectivity index (χ0n) is 13.3. The van der Waals surface area contributed by atoms with Gasteiger partial charge in [-0.3, -0.25) is 14.4 Å². The van der Waals surface area contributed by atoms with Gasteiger partial charge in [0.2, 0.25) is 0 Å². The quantitative estimate of drug-likeness (QED) is 0.602. The zero-order chi connectivity index (χ0) is 19.1. The molecule has 0 bridgehead atoms. The van der Waals surface area contributed by atoms with E-state index in [-0.39, 0.29) is 21.0 Å². The van der Waals surface area contributed by atoms with Crippen LogP contribution in [0.2, 0.25) is 0 Å². The second-order valence-electron chi connectivity index (χ2n) is 4.59. The molecule has 0 unspecified atom stereocenters. The average Bonchev–Trinajstić information content (AvgIpc) is 2.90. The Morgan fingerprint density at radius 1 is 1.12 bits per heavy atom. The van der Waals surface area contributed by atoms with Crippen LogP contribution in [0.1, 0.15) is 20.8 Å². The Kier molecular flexibility index (Phi) is 6.89. The number of carbonyl (C=O) groups excluding carboxylic acids is 2. The van der Waals surface area contributed by atoms with Crippen molar-refractivity contribution in [1.29, 1.82) is 5.26 Å². The highest BCUT2D eigenvalue weighted by Crippen LogP contribution is 2.36. The van der Waals surface area contributed by atoms with Crippen LogP contribution in [-0.2, 0) is 30.3 Å².